The third-order valence-corrected chi connectivity index (χ3v) is 4.42. The van der Waals surface area contributed by atoms with Gasteiger partial charge in [0, 0.05) is 29.4 Å². The Morgan fingerprint density at radius 1 is 0.857 bits per heavy atom. The smallest absolute Gasteiger partial charge is 0.255 e. The number of benzene rings is 3. The zero-order chi connectivity index (χ0) is 19.5. The summed E-state index contributed by atoms with van der Waals surface area (Å²) in [4.78, 5) is 31.8. The molecule has 0 radical (unpaired) electrons. The van der Waals surface area contributed by atoms with Crippen molar-refractivity contribution in [2.24, 2.45) is 0 Å². The standard InChI is InChI=1S/C22H18N4O2/c1-23-21(27)16-9-7-14(8-10-16)20-25-18-12-11-17(13-19(18)26-20)24-22(28)15-5-3-2-4-6-15/h2-13H,1H3,(H,23,27)(H,24,28)(H,25,26). The topological polar surface area (TPSA) is 86.9 Å². The minimum Gasteiger partial charge on any atom is -0.355 e. The Hall–Kier alpha value is -3.93. The highest BCUT2D eigenvalue weighted by Gasteiger charge is 2.10. The Labute approximate surface area is 161 Å². The van der Waals surface area contributed by atoms with Crippen LogP contribution in [0.4, 0.5) is 5.69 Å². The summed E-state index contributed by atoms with van der Waals surface area (Å²) in [5.74, 6) is 0.407. The predicted molar refractivity (Wildman–Crippen MR) is 109 cm³/mol. The van der Waals surface area contributed by atoms with E-state index < -0.39 is 0 Å². The van der Waals surface area contributed by atoms with E-state index in [1.807, 2.05) is 48.5 Å². The molecular weight excluding hydrogens is 352 g/mol. The van der Waals surface area contributed by atoms with Crippen molar-refractivity contribution in [2.75, 3.05) is 12.4 Å². The van der Waals surface area contributed by atoms with Gasteiger partial charge in [-0.05, 0) is 42.5 Å². The van der Waals surface area contributed by atoms with Crippen molar-refractivity contribution in [1.82, 2.24) is 15.3 Å². The number of aromatic nitrogens is 2. The summed E-state index contributed by atoms with van der Waals surface area (Å²) in [5, 5.41) is 5.49. The normalized spacial score (nSPS) is 10.6. The molecule has 0 unspecified atom stereocenters. The van der Waals surface area contributed by atoms with Crippen LogP contribution in [0.2, 0.25) is 0 Å². The number of nitrogens with one attached hydrogen (secondary N) is 3. The van der Waals surface area contributed by atoms with E-state index in [1.165, 1.54) is 0 Å². The molecule has 0 aliphatic carbocycles. The first-order chi connectivity index (χ1) is 13.6. The maximum Gasteiger partial charge on any atom is 0.255 e. The molecule has 2 amide bonds. The van der Waals surface area contributed by atoms with E-state index in [4.69, 9.17) is 0 Å². The molecule has 0 aliphatic rings. The molecule has 1 heterocycles. The van der Waals surface area contributed by atoms with Crippen molar-refractivity contribution in [3.05, 3.63) is 83.9 Å². The van der Waals surface area contributed by atoms with Gasteiger partial charge in [-0.25, -0.2) is 4.98 Å². The molecule has 0 saturated heterocycles. The Kier molecular flexibility index (Phi) is 4.60. The fourth-order valence-corrected chi connectivity index (χ4v) is 2.94. The lowest BCUT2D eigenvalue weighted by atomic mass is 10.1. The van der Waals surface area contributed by atoms with Gasteiger partial charge in [-0.2, -0.15) is 0 Å². The largest absolute Gasteiger partial charge is 0.355 e. The number of carbonyl (C=O) groups is 2. The number of rotatable bonds is 4. The highest BCUT2D eigenvalue weighted by molar-refractivity contribution is 6.05. The summed E-state index contributed by atoms with van der Waals surface area (Å²) in [6, 6.07) is 21.8. The first-order valence-electron chi connectivity index (χ1n) is 8.83. The monoisotopic (exact) mass is 370 g/mol. The molecule has 4 rings (SSSR count). The second kappa shape index (κ2) is 7.36. The molecule has 4 aromatic rings. The van der Waals surface area contributed by atoms with E-state index in [9.17, 15) is 9.59 Å². The Morgan fingerprint density at radius 2 is 1.57 bits per heavy atom. The number of H-pyrrole nitrogens is 1. The van der Waals surface area contributed by atoms with E-state index in [2.05, 4.69) is 20.6 Å². The maximum absolute atomic E-state index is 12.3. The van der Waals surface area contributed by atoms with Crippen molar-refractivity contribution in [3.8, 4) is 11.4 Å². The molecule has 0 aliphatic heterocycles. The molecular formula is C22H18N4O2. The van der Waals surface area contributed by atoms with Crippen LogP contribution in [0.3, 0.4) is 0 Å². The average Bonchev–Trinajstić information content (AvgIpc) is 3.17. The fraction of sp³-hybridized carbons (Fsp3) is 0.0455. The molecule has 0 bridgehead atoms. The highest BCUT2D eigenvalue weighted by Crippen LogP contribution is 2.23. The molecule has 0 saturated carbocycles. The summed E-state index contributed by atoms with van der Waals surface area (Å²) in [6.45, 7) is 0. The van der Waals surface area contributed by atoms with Crippen LogP contribution in [0.15, 0.2) is 72.8 Å². The third kappa shape index (κ3) is 3.48. The van der Waals surface area contributed by atoms with E-state index in [0.29, 0.717) is 22.6 Å². The summed E-state index contributed by atoms with van der Waals surface area (Å²) < 4.78 is 0. The van der Waals surface area contributed by atoms with Gasteiger partial charge in [-0.1, -0.05) is 30.3 Å². The first kappa shape index (κ1) is 17.5. The quantitative estimate of drug-likeness (QED) is 0.510. The number of fused-ring (bicyclic) bond motifs is 1. The zero-order valence-electron chi connectivity index (χ0n) is 15.2. The third-order valence-electron chi connectivity index (χ3n) is 4.42. The number of anilines is 1. The highest BCUT2D eigenvalue weighted by atomic mass is 16.2. The molecule has 0 spiro atoms. The van der Waals surface area contributed by atoms with Gasteiger partial charge in [-0.15, -0.1) is 0 Å². The minimum absolute atomic E-state index is 0.130. The summed E-state index contributed by atoms with van der Waals surface area (Å²) in [7, 11) is 1.60. The summed E-state index contributed by atoms with van der Waals surface area (Å²) in [6.07, 6.45) is 0. The van der Waals surface area contributed by atoms with Gasteiger partial charge in [-0.3, -0.25) is 9.59 Å². The average molecular weight is 370 g/mol. The van der Waals surface area contributed by atoms with Gasteiger partial charge >= 0.3 is 0 Å². The molecule has 6 nitrogen and oxygen atoms in total. The van der Waals surface area contributed by atoms with Crippen LogP contribution in [0.5, 0.6) is 0 Å². The molecule has 6 heteroatoms. The van der Waals surface area contributed by atoms with E-state index >= 15 is 0 Å². The van der Waals surface area contributed by atoms with E-state index in [1.54, 1.807) is 31.3 Å². The van der Waals surface area contributed by atoms with Crippen LogP contribution in [0.1, 0.15) is 20.7 Å². The molecule has 1 aromatic heterocycles. The van der Waals surface area contributed by atoms with Gasteiger partial charge in [0.25, 0.3) is 11.8 Å². The predicted octanol–water partition coefficient (Wildman–Crippen LogP) is 3.84. The molecule has 0 fully saturated rings. The lowest BCUT2D eigenvalue weighted by molar-refractivity contribution is 0.0962. The Balaban J connectivity index is 1.58. The maximum atomic E-state index is 12.3. The number of amides is 2. The van der Waals surface area contributed by atoms with Crippen LogP contribution in [-0.4, -0.2) is 28.8 Å². The van der Waals surface area contributed by atoms with Gasteiger partial charge < -0.3 is 15.6 Å². The Bertz CT molecular complexity index is 1150. The van der Waals surface area contributed by atoms with Crippen molar-refractivity contribution in [3.63, 3.8) is 0 Å². The lowest BCUT2D eigenvalue weighted by Gasteiger charge is -2.04. The van der Waals surface area contributed by atoms with Crippen LogP contribution in [0.25, 0.3) is 22.4 Å². The van der Waals surface area contributed by atoms with Crippen LogP contribution in [0, 0.1) is 0 Å². The lowest BCUT2D eigenvalue weighted by Crippen LogP contribution is -2.17. The molecule has 0 atom stereocenters. The molecule has 138 valence electrons. The van der Waals surface area contributed by atoms with E-state index in [0.717, 1.165) is 16.6 Å². The fourth-order valence-electron chi connectivity index (χ4n) is 2.94. The number of hydrogen-bond acceptors (Lipinski definition) is 3. The van der Waals surface area contributed by atoms with Crippen LogP contribution < -0.4 is 10.6 Å². The van der Waals surface area contributed by atoms with Crippen molar-refractivity contribution < 1.29 is 9.59 Å². The van der Waals surface area contributed by atoms with Crippen molar-refractivity contribution in [2.45, 2.75) is 0 Å². The number of hydrogen-bond donors (Lipinski definition) is 3. The number of carbonyl (C=O) groups excluding carboxylic acids is 2. The van der Waals surface area contributed by atoms with Crippen LogP contribution in [-0.2, 0) is 0 Å². The number of nitrogens with zero attached hydrogens (tertiary/aromatic N) is 1. The second-order valence-corrected chi connectivity index (χ2v) is 6.29. The zero-order valence-corrected chi connectivity index (χ0v) is 15.2. The Morgan fingerprint density at radius 3 is 2.29 bits per heavy atom. The van der Waals surface area contributed by atoms with Gasteiger partial charge in [0.1, 0.15) is 5.82 Å². The second-order valence-electron chi connectivity index (χ2n) is 6.29. The number of imidazole rings is 1. The van der Waals surface area contributed by atoms with Crippen molar-refractivity contribution in [1.29, 1.82) is 0 Å². The molecule has 28 heavy (non-hydrogen) atoms. The van der Waals surface area contributed by atoms with E-state index in [-0.39, 0.29) is 11.8 Å². The SMILES string of the molecule is CNC(=O)c1ccc(-c2nc3ccc(NC(=O)c4ccccc4)cc3[nH]2)cc1. The molecule has 3 N–H and O–H groups in total. The summed E-state index contributed by atoms with van der Waals surface area (Å²) >= 11 is 0. The van der Waals surface area contributed by atoms with Gasteiger partial charge in [0.2, 0.25) is 0 Å². The molecule has 3 aromatic carbocycles. The van der Waals surface area contributed by atoms with Crippen molar-refractivity contribution >= 4 is 28.5 Å². The summed E-state index contributed by atoms with van der Waals surface area (Å²) in [5.41, 5.74) is 4.36. The van der Waals surface area contributed by atoms with Gasteiger partial charge in [0.15, 0.2) is 0 Å². The first-order valence-corrected chi connectivity index (χ1v) is 8.83. The van der Waals surface area contributed by atoms with Gasteiger partial charge in [0.05, 0.1) is 11.0 Å². The van der Waals surface area contributed by atoms with Crippen LogP contribution >= 0.6 is 0 Å². The minimum atomic E-state index is -0.163. The number of aromatic amines is 1.